The summed E-state index contributed by atoms with van der Waals surface area (Å²) in [7, 11) is 0. The van der Waals surface area contributed by atoms with E-state index in [2.05, 4.69) is 11.4 Å². The number of hydrogen-bond donors (Lipinski definition) is 1. The lowest BCUT2D eigenvalue weighted by Gasteiger charge is -2.25. The number of nitrogens with one attached hydrogen (secondary N) is 1. The molecule has 0 heterocycles. The minimum absolute atomic E-state index is 0.00814. The topological polar surface area (TPSA) is 56.1 Å². The summed E-state index contributed by atoms with van der Waals surface area (Å²) in [6.45, 7) is 9.62. The second kappa shape index (κ2) is 7.06. The van der Waals surface area contributed by atoms with E-state index in [-0.39, 0.29) is 11.4 Å². The Kier molecular flexibility index (Phi) is 5.72. The second-order valence-electron chi connectivity index (χ2n) is 5.87. The highest BCUT2D eigenvalue weighted by Crippen LogP contribution is 2.10. The summed E-state index contributed by atoms with van der Waals surface area (Å²) in [6.07, 6.45) is 0. The molecule has 0 radical (unpaired) electrons. The Bertz CT molecular complexity index is 497. The highest BCUT2D eigenvalue weighted by atomic mass is 16.2. The van der Waals surface area contributed by atoms with Gasteiger partial charge in [0.05, 0.1) is 18.2 Å². The largest absolute Gasteiger partial charge is 0.350 e. The van der Waals surface area contributed by atoms with E-state index in [1.807, 2.05) is 50.8 Å². The number of rotatable bonds is 5. The van der Waals surface area contributed by atoms with E-state index in [1.54, 1.807) is 6.07 Å². The van der Waals surface area contributed by atoms with Gasteiger partial charge in [0.15, 0.2) is 0 Å². The number of carbonyl (C=O) groups excluding carboxylic acids is 1. The molecule has 0 aliphatic carbocycles. The van der Waals surface area contributed by atoms with E-state index in [0.717, 1.165) is 12.1 Å². The van der Waals surface area contributed by atoms with Crippen molar-refractivity contribution in [2.24, 2.45) is 0 Å². The van der Waals surface area contributed by atoms with Crippen molar-refractivity contribution in [3.05, 3.63) is 35.4 Å². The summed E-state index contributed by atoms with van der Waals surface area (Å²) >= 11 is 0. The quantitative estimate of drug-likeness (QED) is 0.895. The Morgan fingerprint density at radius 1 is 1.35 bits per heavy atom. The molecule has 0 saturated heterocycles. The summed E-state index contributed by atoms with van der Waals surface area (Å²) in [4.78, 5) is 14.0. The van der Waals surface area contributed by atoms with Gasteiger partial charge in [-0.15, -0.1) is 0 Å². The maximum Gasteiger partial charge on any atom is 0.234 e. The van der Waals surface area contributed by atoms with Crippen LogP contribution in [-0.2, 0) is 11.3 Å². The maximum absolute atomic E-state index is 12.0. The second-order valence-corrected chi connectivity index (χ2v) is 5.87. The van der Waals surface area contributed by atoms with Gasteiger partial charge in [0, 0.05) is 12.1 Å². The third-order valence-electron chi connectivity index (χ3n) is 2.86. The van der Waals surface area contributed by atoms with Crippen LogP contribution in [0.5, 0.6) is 0 Å². The SMILES string of the molecule is CCN(CC(=O)NC(C)(C)C)Cc1ccccc1C#N. The van der Waals surface area contributed by atoms with Gasteiger partial charge in [-0.05, 0) is 38.9 Å². The van der Waals surface area contributed by atoms with E-state index < -0.39 is 0 Å². The van der Waals surface area contributed by atoms with E-state index in [1.165, 1.54) is 0 Å². The van der Waals surface area contributed by atoms with Crippen LogP contribution in [-0.4, -0.2) is 29.4 Å². The van der Waals surface area contributed by atoms with Crippen LogP contribution in [0.25, 0.3) is 0 Å². The first-order valence-electron chi connectivity index (χ1n) is 6.87. The van der Waals surface area contributed by atoms with Gasteiger partial charge < -0.3 is 5.32 Å². The third-order valence-corrected chi connectivity index (χ3v) is 2.86. The Balaban J connectivity index is 2.69. The molecule has 4 nitrogen and oxygen atoms in total. The molecular formula is C16H23N3O. The van der Waals surface area contributed by atoms with Crippen molar-refractivity contribution in [2.75, 3.05) is 13.1 Å². The fourth-order valence-electron chi connectivity index (χ4n) is 1.95. The van der Waals surface area contributed by atoms with Gasteiger partial charge in [-0.25, -0.2) is 0 Å². The van der Waals surface area contributed by atoms with Crippen LogP contribution in [0.1, 0.15) is 38.8 Å². The van der Waals surface area contributed by atoms with Crippen LogP contribution in [0, 0.1) is 11.3 Å². The molecule has 1 aromatic rings. The van der Waals surface area contributed by atoms with E-state index in [4.69, 9.17) is 5.26 Å². The zero-order valence-electron chi connectivity index (χ0n) is 12.7. The van der Waals surface area contributed by atoms with Crippen molar-refractivity contribution in [1.82, 2.24) is 10.2 Å². The average Bonchev–Trinajstić information content (AvgIpc) is 2.36. The molecule has 1 amide bonds. The fraction of sp³-hybridized carbons (Fsp3) is 0.500. The average molecular weight is 273 g/mol. The van der Waals surface area contributed by atoms with Crippen molar-refractivity contribution in [1.29, 1.82) is 5.26 Å². The zero-order valence-corrected chi connectivity index (χ0v) is 12.7. The normalized spacial score (nSPS) is 11.2. The number of benzene rings is 1. The first-order valence-corrected chi connectivity index (χ1v) is 6.87. The van der Waals surface area contributed by atoms with Crippen molar-refractivity contribution in [2.45, 2.75) is 39.8 Å². The van der Waals surface area contributed by atoms with E-state index >= 15 is 0 Å². The lowest BCUT2D eigenvalue weighted by atomic mass is 10.1. The molecule has 1 aromatic carbocycles. The minimum Gasteiger partial charge on any atom is -0.350 e. The van der Waals surface area contributed by atoms with Crippen LogP contribution in [0.15, 0.2) is 24.3 Å². The molecule has 0 aromatic heterocycles. The summed E-state index contributed by atoms with van der Waals surface area (Å²) in [5, 5.41) is 12.0. The van der Waals surface area contributed by atoms with Crippen LogP contribution < -0.4 is 5.32 Å². The van der Waals surface area contributed by atoms with Gasteiger partial charge in [0.25, 0.3) is 0 Å². The molecule has 108 valence electrons. The molecule has 0 aliphatic rings. The summed E-state index contributed by atoms with van der Waals surface area (Å²) in [5.41, 5.74) is 1.41. The number of amides is 1. The molecule has 0 fully saturated rings. The maximum atomic E-state index is 12.0. The number of nitrogens with zero attached hydrogens (tertiary/aromatic N) is 2. The first-order chi connectivity index (χ1) is 9.35. The van der Waals surface area contributed by atoms with Gasteiger partial charge >= 0.3 is 0 Å². The molecule has 0 unspecified atom stereocenters. The number of nitriles is 1. The standard InChI is InChI=1S/C16H23N3O/c1-5-19(12-15(20)18-16(2,3)4)11-14-9-7-6-8-13(14)10-17/h6-9H,5,11-12H2,1-4H3,(H,18,20). The lowest BCUT2D eigenvalue weighted by Crippen LogP contribution is -2.45. The predicted octanol–water partition coefficient (Wildman–Crippen LogP) is 2.29. The van der Waals surface area contributed by atoms with Crippen molar-refractivity contribution in [3.8, 4) is 6.07 Å². The Morgan fingerprint density at radius 2 is 2.00 bits per heavy atom. The monoisotopic (exact) mass is 273 g/mol. The van der Waals surface area contributed by atoms with Gasteiger partial charge in [-0.2, -0.15) is 5.26 Å². The molecule has 20 heavy (non-hydrogen) atoms. The summed E-state index contributed by atoms with van der Waals surface area (Å²) < 4.78 is 0. The van der Waals surface area contributed by atoms with Gasteiger partial charge in [-0.1, -0.05) is 25.1 Å². The van der Waals surface area contributed by atoms with Crippen molar-refractivity contribution in [3.63, 3.8) is 0 Å². The molecule has 1 N–H and O–H groups in total. The number of carbonyl (C=O) groups is 1. The Hall–Kier alpha value is -1.86. The van der Waals surface area contributed by atoms with Crippen LogP contribution in [0.4, 0.5) is 0 Å². The first kappa shape index (κ1) is 16.2. The fourth-order valence-corrected chi connectivity index (χ4v) is 1.95. The van der Waals surface area contributed by atoms with Crippen molar-refractivity contribution < 1.29 is 4.79 Å². The molecular weight excluding hydrogens is 250 g/mol. The molecule has 0 bridgehead atoms. The molecule has 0 aliphatic heterocycles. The zero-order chi connectivity index (χ0) is 15.2. The predicted molar refractivity (Wildman–Crippen MR) is 80.0 cm³/mol. The van der Waals surface area contributed by atoms with Crippen LogP contribution in [0.3, 0.4) is 0 Å². The highest BCUT2D eigenvalue weighted by Gasteiger charge is 2.16. The van der Waals surface area contributed by atoms with Crippen LogP contribution >= 0.6 is 0 Å². The van der Waals surface area contributed by atoms with Crippen LogP contribution in [0.2, 0.25) is 0 Å². The molecule has 1 rings (SSSR count). The number of hydrogen-bond acceptors (Lipinski definition) is 3. The Morgan fingerprint density at radius 3 is 2.55 bits per heavy atom. The third kappa shape index (κ3) is 5.41. The molecule has 4 heteroatoms. The highest BCUT2D eigenvalue weighted by molar-refractivity contribution is 5.78. The molecule has 0 spiro atoms. The lowest BCUT2D eigenvalue weighted by molar-refractivity contribution is -0.123. The Labute approximate surface area is 121 Å². The minimum atomic E-state index is -0.221. The summed E-state index contributed by atoms with van der Waals surface area (Å²) in [6, 6.07) is 9.69. The van der Waals surface area contributed by atoms with Gasteiger partial charge in [-0.3, -0.25) is 9.69 Å². The molecule has 0 atom stereocenters. The van der Waals surface area contributed by atoms with E-state index in [0.29, 0.717) is 18.7 Å². The summed E-state index contributed by atoms with van der Waals surface area (Å²) in [5.74, 6) is 0.00814. The van der Waals surface area contributed by atoms with Crippen molar-refractivity contribution >= 4 is 5.91 Å². The smallest absolute Gasteiger partial charge is 0.234 e. The number of likely N-dealkylation sites (N-methyl/N-ethyl adjacent to an activating group) is 1. The van der Waals surface area contributed by atoms with Gasteiger partial charge in [0.1, 0.15) is 0 Å². The van der Waals surface area contributed by atoms with E-state index in [9.17, 15) is 4.79 Å². The van der Waals surface area contributed by atoms with Gasteiger partial charge in [0.2, 0.25) is 5.91 Å². The molecule has 0 saturated carbocycles.